The molecule has 0 aromatic carbocycles. The van der Waals surface area contributed by atoms with Gasteiger partial charge in [-0.2, -0.15) is 0 Å². The Kier molecular flexibility index (Phi) is 10.3. The second-order valence-electron chi connectivity index (χ2n) is 4.80. The molecule has 0 radical (unpaired) electrons. The highest BCUT2D eigenvalue weighted by atomic mass is 79.9. The fraction of sp³-hybridized carbons (Fsp3) is 1.00. The molecule has 1 saturated carbocycles. The molecule has 1 fully saturated rings. The van der Waals surface area contributed by atoms with Gasteiger partial charge in [-0.15, -0.1) is 0 Å². The van der Waals surface area contributed by atoms with Crippen molar-refractivity contribution in [3.8, 4) is 0 Å². The molecule has 0 spiro atoms. The number of hydrogen-bond donors (Lipinski definition) is 0. The number of halogens is 6. The quantitative estimate of drug-likeness (QED) is 0.252. The standard InChI is InChI=1S/C12H18Br6/c13-7-5-3-1-2-4-6-8(14)10(16)12(18)11(17)9(7)15/h7-12H,1-6H2/t7-,8+,9-,10-,11-,12-/m1/s1. The van der Waals surface area contributed by atoms with Gasteiger partial charge in [-0.25, -0.2) is 0 Å². The van der Waals surface area contributed by atoms with Gasteiger partial charge >= 0.3 is 0 Å². The van der Waals surface area contributed by atoms with Crippen molar-refractivity contribution < 1.29 is 0 Å². The summed E-state index contributed by atoms with van der Waals surface area (Å²) in [7, 11) is 0. The first-order valence-electron chi connectivity index (χ1n) is 6.29. The molecule has 18 heavy (non-hydrogen) atoms. The fourth-order valence-corrected chi connectivity index (χ4v) is 7.63. The third-order valence-electron chi connectivity index (χ3n) is 3.31. The van der Waals surface area contributed by atoms with Crippen LogP contribution in [0.15, 0.2) is 0 Å². The minimum absolute atomic E-state index is 0.394. The number of alkyl halides is 6. The summed E-state index contributed by atoms with van der Waals surface area (Å²) >= 11 is 23.0. The normalized spacial score (nSPS) is 45.0. The summed E-state index contributed by atoms with van der Waals surface area (Å²) in [5, 5.41) is 0. The van der Waals surface area contributed by atoms with Gasteiger partial charge in [-0.3, -0.25) is 0 Å². The van der Waals surface area contributed by atoms with Crippen molar-refractivity contribution in [1.29, 1.82) is 0 Å². The highest BCUT2D eigenvalue weighted by Gasteiger charge is 2.35. The lowest BCUT2D eigenvalue weighted by atomic mass is 10.0. The van der Waals surface area contributed by atoms with Crippen LogP contribution < -0.4 is 0 Å². The lowest BCUT2D eigenvalue weighted by molar-refractivity contribution is 0.549. The van der Waals surface area contributed by atoms with Crippen LogP contribution in [0.4, 0.5) is 0 Å². The van der Waals surface area contributed by atoms with E-state index in [9.17, 15) is 0 Å². The molecule has 0 bridgehead atoms. The van der Waals surface area contributed by atoms with E-state index in [4.69, 9.17) is 0 Å². The summed E-state index contributed by atoms with van der Waals surface area (Å²) in [5.41, 5.74) is 0. The molecule has 0 aromatic heterocycles. The summed E-state index contributed by atoms with van der Waals surface area (Å²) < 4.78 is 0. The first kappa shape index (κ1) is 18.9. The van der Waals surface area contributed by atoms with Gasteiger partial charge in [0.2, 0.25) is 0 Å². The van der Waals surface area contributed by atoms with Crippen LogP contribution in [0.5, 0.6) is 0 Å². The van der Waals surface area contributed by atoms with E-state index in [0.717, 1.165) is 0 Å². The summed E-state index contributed by atoms with van der Waals surface area (Å²) in [4.78, 5) is 2.70. The zero-order chi connectivity index (χ0) is 13.7. The predicted octanol–water partition coefficient (Wildman–Crippen LogP) is 6.92. The van der Waals surface area contributed by atoms with Crippen molar-refractivity contribution in [2.75, 3.05) is 0 Å². The Labute approximate surface area is 161 Å². The van der Waals surface area contributed by atoms with Gasteiger partial charge in [0, 0.05) is 29.0 Å². The summed E-state index contributed by atoms with van der Waals surface area (Å²) in [5.74, 6) is 0. The van der Waals surface area contributed by atoms with E-state index in [1.165, 1.54) is 38.5 Å². The van der Waals surface area contributed by atoms with Crippen molar-refractivity contribution in [2.24, 2.45) is 0 Å². The van der Waals surface area contributed by atoms with E-state index in [-0.39, 0.29) is 0 Å². The Balaban J connectivity index is 2.71. The van der Waals surface area contributed by atoms with E-state index in [0.29, 0.717) is 29.0 Å². The van der Waals surface area contributed by atoms with Crippen LogP contribution in [0, 0.1) is 0 Å². The highest BCUT2D eigenvalue weighted by Crippen LogP contribution is 2.37. The third-order valence-corrected chi connectivity index (χ3v) is 13.6. The van der Waals surface area contributed by atoms with Crippen molar-refractivity contribution >= 4 is 95.6 Å². The van der Waals surface area contributed by atoms with Crippen LogP contribution >= 0.6 is 95.6 Å². The number of rotatable bonds is 0. The second-order valence-corrected chi connectivity index (χ2v) is 11.4. The average molecular weight is 642 g/mol. The Hall–Kier alpha value is 2.88. The molecule has 0 unspecified atom stereocenters. The SMILES string of the molecule is Br[C@H]1[C@H](Br)[C@H](Br)[C@@H](Br)CCCCCC[C@@H](Br)[C@H]1Br. The molecule has 0 aliphatic heterocycles. The second kappa shape index (κ2) is 9.81. The van der Waals surface area contributed by atoms with E-state index in [1.54, 1.807) is 0 Å². The van der Waals surface area contributed by atoms with E-state index in [2.05, 4.69) is 95.6 Å². The predicted molar refractivity (Wildman–Crippen MR) is 104 cm³/mol. The van der Waals surface area contributed by atoms with Gasteiger partial charge in [0.1, 0.15) is 0 Å². The van der Waals surface area contributed by atoms with Crippen LogP contribution in [0.3, 0.4) is 0 Å². The zero-order valence-corrected chi connectivity index (χ0v) is 19.5. The molecule has 0 saturated heterocycles. The lowest BCUT2D eigenvalue weighted by Gasteiger charge is -2.31. The smallest absolute Gasteiger partial charge is 0.0418 e. The molecule has 0 N–H and O–H groups in total. The molecule has 1 rings (SSSR count). The molecule has 0 nitrogen and oxygen atoms in total. The van der Waals surface area contributed by atoms with Crippen molar-refractivity contribution in [2.45, 2.75) is 67.5 Å². The minimum Gasteiger partial charge on any atom is -0.0878 e. The van der Waals surface area contributed by atoms with Gasteiger partial charge in [0.25, 0.3) is 0 Å². The Morgan fingerprint density at radius 3 is 1.11 bits per heavy atom. The van der Waals surface area contributed by atoms with Gasteiger partial charge in [-0.1, -0.05) is 121 Å². The van der Waals surface area contributed by atoms with Gasteiger partial charge in [0.05, 0.1) is 0 Å². The molecular formula is C12H18Br6. The third kappa shape index (κ3) is 5.94. The minimum atomic E-state index is 0.394. The van der Waals surface area contributed by atoms with Crippen molar-refractivity contribution in [1.82, 2.24) is 0 Å². The Morgan fingerprint density at radius 1 is 0.444 bits per heavy atom. The largest absolute Gasteiger partial charge is 0.0878 e. The molecule has 0 aromatic rings. The topological polar surface area (TPSA) is 0 Å². The molecule has 0 amide bonds. The summed E-state index contributed by atoms with van der Waals surface area (Å²) in [6.07, 6.45) is 7.80. The van der Waals surface area contributed by atoms with E-state index in [1.807, 2.05) is 0 Å². The van der Waals surface area contributed by atoms with Crippen LogP contribution in [0.1, 0.15) is 38.5 Å². The lowest BCUT2D eigenvalue weighted by Crippen LogP contribution is -2.39. The number of hydrogen-bond acceptors (Lipinski definition) is 0. The fourth-order valence-electron chi connectivity index (χ4n) is 2.10. The van der Waals surface area contributed by atoms with Crippen LogP contribution in [-0.4, -0.2) is 29.0 Å². The monoisotopic (exact) mass is 636 g/mol. The average Bonchev–Trinajstić information content (AvgIpc) is 2.37. The molecule has 0 heterocycles. The van der Waals surface area contributed by atoms with Gasteiger partial charge in [-0.05, 0) is 12.8 Å². The maximum Gasteiger partial charge on any atom is 0.0418 e. The molecule has 108 valence electrons. The van der Waals surface area contributed by atoms with Crippen LogP contribution in [0.25, 0.3) is 0 Å². The Morgan fingerprint density at radius 2 is 0.778 bits per heavy atom. The van der Waals surface area contributed by atoms with Crippen molar-refractivity contribution in [3.05, 3.63) is 0 Å². The first-order valence-corrected chi connectivity index (χ1v) is 11.8. The van der Waals surface area contributed by atoms with Crippen LogP contribution in [-0.2, 0) is 0 Å². The molecule has 6 atom stereocenters. The molecule has 6 heteroatoms. The zero-order valence-electron chi connectivity index (χ0n) is 9.97. The maximum absolute atomic E-state index is 3.84. The summed E-state index contributed by atoms with van der Waals surface area (Å²) in [6.45, 7) is 0. The maximum atomic E-state index is 3.84. The van der Waals surface area contributed by atoms with E-state index < -0.39 is 0 Å². The first-order chi connectivity index (χ1) is 8.45. The van der Waals surface area contributed by atoms with Crippen molar-refractivity contribution in [3.63, 3.8) is 0 Å². The molecular weight excluding hydrogens is 624 g/mol. The summed E-state index contributed by atoms with van der Waals surface area (Å²) in [6, 6.07) is 0. The molecule has 1 aliphatic carbocycles. The highest BCUT2D eigenvalue weighted by molar-refractivity contribution is 9.15. The van der Waals surface area contributed by atoms with Gasteiger partial charge < -0.3 is 0 Å². The van der Waals surface area contributed by atoms with Gasteiger partial charge in [0.15, 0.2) is 0 Å². The van der Waals surface area contributed by atoms with E-state index >= 15 is 0 Å². The Bertz CT molecular complexity index is 213. The van der Waals surface area contributed by atoms with Crippen LogP contribution in [0.2, 0.25) is 0 Å². The molecule has 1 aliphatic rings.